The largest absolute Gasteiger partial charge is 0.324 e. The van der Waals surface area contributed by atoms with E-state index in [0.29, 0.717) is 0 Å². The van der Waals surface area contributed by atoms with E-state index >= 15 is 0 Å². The first kappa shape index (κ1) is 19.4. The number of benzene rings is 2. The third kappa shape index (κ3) is 2.81. The van der Waals surface area contributed by atoms with E-state index in [0.717, 1.165) is 29.4 Å². The van der Waals surface area contributed by atoms with Gasteiger partial charge in [0.1, 0.15) is 0 Å². The second kappa shape index (κ2) is 7.31. The Hall–Kier alpha value is -2.40. The Labute approximate surface area is 162 Å². The predicted molar refractivity (Wildman–Crippen MR) is 112 cm³/mol. The van der Waals surface area contributed by atoms with Crippen LogP contribution in [0.1, 0.15) is 33.3 Å². The van der Waals surface area contributed by atoms with E-state index in [2.05, 4.69) is 20.8 Å². The van der Waals surface area contributed by atoms with Gasteiger partial charge in [-0.15, -0.1) is 0 Å². The van der Waals surface area contributed by atoms with Gasteiger partial charge in [-0.05, 0) is 42.8 Å². The Balaban J connectivity index is 2.24. The zero-order valence-corrected chi connectivity index (χ0v) is 17.6. The fourth-order valence-corrected chi connectivity index (χ4v) is 7.90. The molecule has 1 saturated heterocycles. The van der Waals surface area contributed by atoms with Crippen molar-refractivity contribution >= 4 is 25.9 Å². The summed E-state index contributed by atoms with van der Waals surface area (Å²) in [5.74, 6) is -0.0835. The highest BCUT2D eigenvalue weighted by Gasteiger charge is 2.60. The number of carbonyl (C=O) groups excluding carboxylic acids is 2. The van der Waals surface area contributed by atoms with Crippen molar-refractivity contribution in [1.29, 1.82) is 0 Å². The first-order chi connectivity index (χ1) is 13.0. The highest BCUT2D eigenvalue weighted by molar-refractivity contribution is 6.82. The average Bonchev–Trinajstić information content (AvgIpc) is 2.93. The quantitative estimate of drug-likeness (QED) is 0.499. The Morgan fingerprint density at radius 2 is 1.30 bits per heavy atom. The van der Waals surface area contributed by atoms with Crippen molar-refractivity contribution < 1.29 is 9.59 Å². The SMILES string of the molecule is CC[Si](CC)(CC)N1C(=O)N(c2ccccc2)C(C)(c2ccccc2)C1=O. The second-order valence-electron chi connectivity index (χ2n) is 7.32. The van der Waals surface area contributed by atoms with Crippen LogP contribution in [0.15, 0.2) is 60.7 Å². The number of rotatable bonds is 6. The van der Waals surface area contributed by atoms with Crippen LogP contribution in [0.25, 0.3) is 0 Å². The molecule has 3 rings (SSSR count). The molecule has 5 heteroatoms. The Bertz CT molecular complexity index is 812. The monoisotopic (exact) mass is 380 g/mol. The first-order valence-corrected chi connectivity index (χ1v) is 12.3. The van der Waals surface area contributed by atoms with Crippen molar-refractivity contribution in [2.45, 2.75) is 51.4 Å². The molecule has 1 unspecified atom stereocenters. The molecule has 1 heterocycles. The lowest BCUT2D eigenvalue weighted by Gasteiger charge is -2.36. The molecule has 27 heavy (non-hydrogen) atoms. The molecule has 1 fully saturated rings. The molecule has 0 radical (unpaired) electrons. The number of amides is 3. The molecule has 1 aliphatic heterocycles. The van der Waals surface area contributed by atoms with Crippen molar-refractivity contribution in [3.63, 3.8) is 0 Å². The summed E-state index contributed by atoms with van der Waals surface area (Å²) in [5.41, 5.74) is 0.578. The van der Waals surface area contributed by atoms with Crippen LogP contribution >= 0.6 is 0 Å². The van der Waals surface area contributed by atoms with E-state index in [4.69, 9.17) is 0 Å². The predicted octanol–water partition coefficient (Wildman–Crippen LogP) is 5.38. The minimum absolute atomic E-state index is 0.0835. The Kier molecular flexibility index (Phi) is 5.24. The fourth-order valence-electron chi connectivity index (χ4n) is 4.30. The molecule has 0 bridgehead atoms. The number of anilines is 1. The standard InChI is InChI=1S/C22H28N2O2Si/c1-5-27(6-2,7-3)24-20(25)22(4,18-14-10-8-11-15-18)23(21(24)26)19-16-12-9-13-17-19/h8-17H,5-7H2,1-4H3. The van der Waals surface area contributed by atoms with Gasteiger partial charge in [0, 0.05) is 5.69 Å². The number of carbonyl (C=O) groups is 2. The molecule has 2 aromatic carbocycles. The number of hydrogen-bond acceptors (Lipinski definition) is 2. The van der Waals surface area contributed by atoms with Gasteiger partial charge >= 0.3 is 6.03 Å². The molecule has 2 aromatic rings. The van der Waals surface area contributed by atoms with Crippen LogP contribution in [-0.4, -0.2) is 24.7 Å². The molecule has 1 aliphatic rings. The third-order valence-electron chi connectivity index (χ3n) is 6.25. The van der Waals surface area contributed by atoms with Crippen LogP contribution in [0.2, 0.25) is 18.1 Å². The highest BCUT2D eigenvalue weighted by atomic mass is 28.3. The van der Waals surface area contributed by atoms with Crippen molar-refractivity contribution in [2.24, 2.45) is 0 Å². The smallest absolute Gasteiger partial charge is 0.291 e. The minimum Gasteiger partial charge on any atom is -0.291 e. The molecule has 1 atom stereocenters. The van der Waals surface area contributed by atoms with Crippen molar-refractivity contribution in [2.75, 3.05) is 4.90 Å². The highest BCUT2D eigenvalue weighted by Crippen LogP contribution is 2.44. The van der Waals surface area contributed by atoms with E-state index in [1.165, 1.54) is 0 Å². The zero-order valence-electron chi connectivity index (χ0n) is 16.6. The summed E-state index contributed by atoms with van der Waals surface area (Å²) in [4.78, 5) is 29.2. The van der Waals surface area contributed by atoms with Gasteiger partial charge in [0.05, 0.1) is 0 Å². The maximum Gasteiger partial charge on any atom is 0.324 e. The van der Waals surface area contributed by atoms with Gasteiger partial charge in [-0.2, -0.15) is 0 Å². The second-order valence-corrected chi connectivity index (χ2v) is 12.3. The zero-order chi connectivity index (χ0) is 19.7. The Morgan fingerprint density at radius 3 is 1.78 bits per heavy atom. The summed E-state index contributed by atoms with van der Waals surface area (Å²) < 4.78 is 1.67. The number of hydrogen-bond donors (Lipinski definition) is 0. The van der Waals surface area contributed by atoms with E-state index in [1.54, 1.807) is 9.47 Å². The molecule has 0 saturated carbocycles. The van der Waals surface area contributed by atoms with Gasteiger partial charge in [0.15, 0.2) is 13.8 Å². The van der Waals surface area contributed by atoms with Gasteiger partial charge in [-0.25, -0.2) is 4.79 Å². The molecule has 4 nitrogen and oxygen atoms in total. The topological polar surface area (TPSA) is 40.6 Å². The van der Waals surface area contributed by atoms with Crippen LogP contribution in [0.4, 0.5) is 10.5 Å². The average molecular weight is 381 g/mol. The lowest BCUT2D eigenvalue weighted by atomic mass is 9.90. The number of urea groups is 1. The lowest BCUT2D eigenvalue weighted by Crippen LogP contribution is -2.56. The number of imide groups is 1. The maximum absolute atomic E-state index is 13.8. The summed E-state index contributed by atoms with van der Waals surface area (Å²) >= 11 is 0. The summed E-state index contributed by atoms with van der Waals surface area (Å²) in [6, 6.07) is 21.7. The van der Waals surface area contributed by atoms with Crippen molar-refractivity contribution in [3.8, 4) is 0 Å². The molecule has 0 aliphatic carbocycles. The normalized spacial score (nSPS) is 20.4. The summed E-state index contributed by atoms with van der Waals surface area (Å²) in [5, 5.41) is 0. The van der Waals surface area contributed by atoms with Gasteiger partial charge in [0.25, 0.3) is 5.91 Å². The number of nitrogens with zero attached hydrogens (tertiary/aromatic N) is 2. The van der Waals surface area contributed by atoms with Gasteiger partial charge in [-0.1, -0.05) is 69.3 Å². The molecule has 0 aromatic heterocycles. The Morgan fingerprint density at radius 1 is 0.815 bits per heavy atom. The van der Waals surface area contributed by atoms with E-state index in [-0.39, 0.29) is 11.9 Å². The molecule has 0 N–H and O–H groups in total. The van der Waals surface area contributed by atoms with E-state index in [9.17, 15) is 9.59 Å². The van der Waals surface area contributed by atoms with Crippen molar-refractivity contribution in [3.05, 3.63) is 66.2 Å². The number of para-hydroxylation sites is 1. The summed E-state index contributed by atoms with van der Waals surface area (Å²) in [7, 11) is -2.21. The van der Waals surface area contributed by atoms with Crippen molar-refractivity contribution in [1.82, 2.24) is 4.57 Å². The summed E-state index contributed by atoms with van der Waals surface area (Å²) in [6.45, 7) is 8.23. The van der Waals surface area contributed by atoms with Gasteiger partial charge < -0.3 is 0 Å². The van der Waals surface area contributed by atoms with Gasteiger partial charge in [-0.3, -0.25) is 14.3 Å². The van der Waals surface area contributed by atoms with E-state index in [1.807, 2.05) is 67.6 Å². The van der Waals surface area contributed by atoms with E-state index < -0.39 is 13.8 Å². The fraction of sp³-hybridized carbons (Fsp3) is 0.364. The first-order valence-electron chi connectivity index (χ1n) is 9.75. The van der Waals surface area contributed by atoms with Gasteiger partial charge in [0.2, 0.25) is 0 Å². The van der Waals surface area contributed by atoms with Crippen LogP contribution in [-0.2, 0) is 10.3 Å². The van der Waals surface area contributed by atoms with Crippen LogP contribution in [0, 0.1) is 0 Å². The molecule has 3 amide bonds. The molecular formula is C22H28N2O2Si. The molecule has 142 valence electrons. The lowest BCUT2D eigenvalue weighted by molar-refractivity contribution is -0.127. The van der Waals surface area contributed by atoms with Crippen LogP contribution in [0.5, 0.6) is 0 Å². The maximum atomic E-state index is 13.8. The summed E-state index contributed by atoms with van der Waals surface area (Å²) in [6.07, 6.45) is 0. The van der Waals surface area contributed by atoms with Crippen LogP contribution < -0.4 is 4.90 Å². The molecular weight excluding hydrogens is 352 g/mol. The molecule has 0 spiro atoms. The third-order valence-corrected chi connectivity index (χ3v) is 11.5. The minimum atomic E-state index is -2.21. The van der Waals surface area contributed by atoms with Crippen LogP contribution in [0.3, 0.4) is 0 Å².